The maximum absolute atomic E-state index is 13.2. The van der Waals surface area contributed by atoms with E-state index in [9.17, 15) is 4.79 Å². The third-order valence-corrected chi connectivity index (χ3v) is 8.09. The number of carbonyl (C=O) groups is 1. The van der Waals surface area contributed by atoms with Crippen LogP contribution < -0.4 is 0 Å². The Bertz CT molecular complexity index is 1260. The van der Waals surface area contributed by atoms with Gasteiger partial charge in [-0.2, -0.15) is 0 Å². The molecule has 4 heterocycles. The van der Waals surface area contributed by atoms with Gasteiger partial charge in [0.05, 0.1) is 23.3 Å². The lowest BCUT2D eigenvalue weighted by molar-refractivity contribution is 0.0953. The molecule has 1 fully saturated rings. The van der Waals surface area contributed by atoms with Crippen molar-refractivity contribution in [3.63, 3.8) is 0 Å². The van der Waals surface area contributed by atoms with Crippen molar-refractivity contribution >= 4 is 28.9 Å². The number of thiophene rings is 1. The number of Topliss-reactive ketones (excluding diaryl/α,β-unsaturated/α-hetero) is 1. The SMILES string of the molecule is Cc1cc(C(=O)CSc2nnc(-c3cccs3)n2C[C@H]2CCCO2)c(C)n1Cc1ccccc1. The number of ketones is 1. The number of nitrogens with zero attached hydrogens (tertiary/aromatic N) is 4. The fraction of sp³-hybridized carbons (Fsp3) is 0.346. The highest BCUT2D eigenvalue weighted by atomic mass is 32.2. The van der Waals surface area contributed by atoms with Crippen molar-refractivity contribution in [1.29, 1.82) is 0 Å². The molecule has 34 heavy (non-hydrogen) atoms. The molecule has 5 rings (SSSR count). The number of aromatic nitrogens is 4. The molecule has 3 aromatic heterocycles. The summed E-state index contributed by atoms with van der Waals surface area (Å²) in [6, 6.07) is 16.4. The summed E-state index contributed by atoms with van der Waals surface area (Å²) in [5.74, 6) is 1.28. The fourth-order valence-electron chi connectivity index (χ4n) is 4.44. The summed E-state index contributed by atoms with van der Waals surface area (Å²) in [5.41, 5.74) is 4.11. The van der Waals surface area contributed by atoms with Gasteiger partial charge in [0.25, 0.3) is 0 Å². The number of carbonyl (C=O) groups excluding carboxylic acids is 1. The normalized spacial score (nSPS) is 15.8. The second kappa shape index (κ2) is 10.3. The third kappa shape index (κ3) is 4.89. The van der Waals surface area contributed by atoms with Gasteiger partial charge in [-0.1, -0.05) is 48.2 Å². The maximum Gasteiger partial charge on any atom is 0.192 e. The van der Waals surface area contributed by atoms with Crippen LogP contribution >= 0.6 is 23.1 Å². The molecule has 1 aliphatic heterocycles. The van der Waals surface area contributed by atoms with Crippen LogP contribution in [-0.4, -0.2) is 43.6 Å². The molecule has 0 amide bonds. The molecule has 4 aromatic rings. The first-order valence-electron chi connectivity index (χ1n) is 11.6. The van der Waals surface area contributed by atoms with Crippen molar-refractivity contribution in [2.24, 2.45) is 0 Å². The molecule has 176 valence electrons. The summed E-state index contributed by atoms with van der Waals surface area (Å²) >= 11 is 3.11. The smallest absolute Gasteiger partial charge is 0.192 e. The van der Waals surface area contributed by atoms with Gasteiger partial charge in [0.2, 0.25) is 0 Å². The number of hydrogen-bond donors (Lipinski definition) is 0. The van der Waals surface area contributed by atoms with E-state index in [4.69, 9.17) is 4.74 Å². The fourth-order valence-corrected chi connectivity index (χ4v) is 5.99. The molecule has 0 aliphatic carbocycles. The molecule has 1 saturated heterocycles. The van der Waals surface area contributed by atoms with Crippen LogP contribution in [0.3, 0.4) is 0 Å². The predicted molar refractivity (Wildman–Crippen MR) is 137 cm³/mol. The molecular formula is C26H28N4O2S2. The quantitative estimate of drug-likeness (QED) is 0.224. The lowest BCUT2D eigenvalue weighted by Gasteiger charge is -2.14. The summed E-state index contributed by atoms with van der Waals surface area (Å²) in [7, 11) is 0. The number of hydrogen-bond acceptors (Lipinski definition) is 6. The number of thioether (sulfide) groups is 1. The number of aryl methyl sites for hydroxylation is 1. The molecule has 6 nitrogen and oxygen atoms in total. The van der Waals surface area contributed by atoms with E-state index in [1.165, 1.54) is 17.3 Å². The van der Waals surface area contributed by atoms with Gasteiger partial charge in [-0.15, -0.1) is 21.5 Å². The zero-order valence-electron chi connectivity index (χ0n) is 19.4. The van der Waals surface area contributed by atoms with Crippen LogP contribution in [0.25, 0.3) is 10.7 Å². The van der Waals surface area contributed by atoms with E-state index in [0.29, 0.717) is 12.3 Å². The second-order valence-corrected chi connectivity index (χ2v) is 10.5. The summed E-state index contributed by atoms with van der Waals surface area (Å²) < 4.78 is 10.2. The average Bonchev–Trinajstić information content (AvgIpc) is 3.65. The standard InChI is InChI=1S/C26H28N4O2S2/c1-18-14-22(19(2)29(18)15-20-8-4-3-5-9-20)23(31)17-34-26-28-27-25(24-11-7-13-33-24)30(26)16-21-10-6-12-32-21/h3-5,7-9,11,13-14,21H,6,10,12,15-17H2,1-2H3/t21-/m1/s1. The first-order valence-corrected chi connectivity index (χ1v) is 13.4. The molecule has 1 atom stereocenters. The van der Waals surface area contributed by atoms with Crippen LogP contribution in [0, 0.1) is 13.8 Å². The van der Waals surface area contributed by atoms with Gasteiger partial charge in [0.15, 0.2) is 16.8 Å². The van der Waals surface area contributed by atoms with Gasteiger partial charge in [-0.3, -0.25) is 9.36 Å². The third-order valence-electron chi connectivity index (χ3n) is 6.26. The summed E-state index contributed by atoms with van der Waals surface area (Å²) in [6.45, 7) is 6.37. The van der Waals surface area contributed by atoms with Crippen LogP contribution in [0.1, 0.15) is 40.2 Å². The van der Waals surface area contributed by atoms with E-state index in [0.717, 1.165) is 58.8 Å². The van der Waals surface area contributed by atoms with Crippen molar-refractivity contribution in [1.82, 2.24) is 19.3 Å². The van der Waals surface area contributed by atoms with Crippen LogP contribution in [0.4, 0.5) is 0 Å². The van der Waals surface area contributed by atoms with Crippen LogP contribution in [-0.2, 0) is 17.8 Å². The maximum atomic E-state index is 13.2. The summed E-state index contributed by atoms with van der Waals surface area (Å²) in [6.07, 6.45) is 2.29. The molecule has 0 N–H and O–H groups in total. The largest absolute Gasteiger partial charge is 0.376 e. The number of ether oxygens (including phenoxy) is 1. The first kappa shape index (κ1) is 23.1. The molecule has 0 saturated carbocycles. The highest BCUT2D eigenvalue weighted by Crippen LogP contribution is 2.30. The monoisotopic (exact) mass is 492 g/mol. The van der Waals surface area contributed by atoms with Crippen molar-refractivity contribution < 1.29 is 9.53 Å². The lowest BCUT2D eigenvalue weighted by atomic mass is 10.2. The molecule has 1 aromatic carbocycles. The van der Waals surface area contributed by atoms with Gasteiger partial charge >= 0.3 is 0 Å². The minimum Gasteiger partial charge on any atom is -0.376 e. The molecule has 1 aliphatic rings. The van der Waals surface area contributed by atoms with Gasteiger partial charge in [-0.05, 0) is 49.8 Å². The second-order valence-electron chi connectivity index (χ2n) is 8.60. The van der Waals surface area contributed by atoms with Gasteiger partial charge < -0.3 is 9.30 Å². The van der Waals surface area contributed by atoms with Crippen LogP contribution in [0.2, 0.25) is 0 Å². The highest BCUT2D eigenvalue weighted by molar-refractivity contribution is 7.99. The highest BCUT2D eigenvalue weighted by Gasteiger charge is 2.23. The molecule has 0 spiro atoms. The van der Waals surface area contributed by atoms with Gasteiger partial charge in [0, 0.05) is 30.1 Å². The summed E-state index contributed by atoms with van der Waals surface area (Å²) in [5, 5.41) is 11.7. The Morgan fingerprint density at radius 1 is 1.15 bits per heavy atom. The Morgan fingerprint density at radius 3 is 2.74 bits per heavy atom. The van der Waals surface area contributed by atoms with Crippen molar-refractivity contribution in [2.75, 3.05) is 12.4 Å². The van der Waals surface area contributed by atoms with E-state index in [2.05, 4.69) is 44.5 Å². The predicted octanol–water partition coefficient (Wildman–Crippen LogP) is 5.63. The first-order chi connectivity index (χ1) is 16.6. The Morgan fingerprint density at radius 2 is 2.00 bits per heavy atom. The van der Waals surface area contributed by atoms with Crippen LogP contribution in [0.5, 0.6) is 0 Å². The Hall–Kier alpha value is -2.68. The van der Waals surface area contributed by atoms with E-state index < -0.39 is 0 Å². The minimum atomic E-state index is 0.113. The number of rotatable bonds is 9. The molecule has 8 heteroatoms. The van der Waals surface area contributed by atoms with Crippen molar-refractivity contribution in [3.8, 4) is 10.7 Å². The molecule has 0 radical (unpaired) electrons. The van der Waals surface area contributed by atoms with Gasteiger partial charge in [0.1, 0.15) is 0 Å². The summed E-state index contributed by atoms with van der Waals surface area (Å²) in [4.78, 5) is 14.3. The zero-order valence-corrected chi connectivity index (χ0v) is 21.1. The topological polar surface area (TPSA) is 61.9 Å². The van der Waals surface area contributed by atoms with Crippen molar-refractivity contribution in [3.05, 3.63) is 76.4 Å². The lowest BCUT2D eigenvalue weighted by Crippen LogP contribution is -2.17. The molecular weight excluding hydrogens is 464 g/mol. The molecule has 0 bridgehead atoms. The zero-order chi connectivity index (χ0) is 23.5. The Labute approximate surface area is 208 Å². The van der Waals surface area contributed by atoms with E-state index in [1.54, 1.807) is 11.3 Å². The molecule has 0 unspecified atom stereocenters. The Balaban J connectivity index is 1.33. The Kier molecular flexibility index (Phi) is 6.99. The van der Waals surface area contributed by atoms with Crippen LogP contribution in [0.15, 0.2) is 59.1 Å². The van der Waals surface area contributed by atoms with E-state index in [-0.39, 0.29) is 11.9 Å². The minimum absolute atomic E-state index is 0.113. The van der Waals surface area contributed by atoms with E-state index >= 15 is 0 Å². The number of benzene rings is 1. The van der Waals surface area contributed by atoms with Crippen molar-refractivity contribution in [2.45, 2.75) is 51.0 Å². The average molecular weight is 493 g/mol. The van der Waals surface area contributed by atoms with Gasteiger partial charge in [-0.25, -0.2) is 0 Å². The van der Waals surface area contributed by atoms with E-state index in [1.807, 2.05) is 42.6 Å².